The maximum atomic E-state index is 11.9. The maximum absolute atomic E-state index is 11.9. The molecule has 2 N–H and O–H groups in total. The highest BCUT2D eigenvalue weighted by Crippen LogP contribution is 2.28. The summed E-state index contributed by atoms with van der Waals surface area (Å²) in [6, 6.07) is 3.86. The molecule has 2 heterocycles. The lowest BCUT2D eigenvalue weighted by molar-refractivity contribution is -0.113. The van der Waals surface area contributed by atoms with Crippen LogP contribution in [-0.4, -0.2) is 32.9 Å². The van der Waals surface area contributed by atoms with E-state index in [1.807, 2.05) is 0 Å². The van der Waals surface area contributed by atoms with Crippen molar-refractivity contribution in [2.45, 2.75) is 42.5 Å². The number of aromatic nitrogens is 3. The van der Waals surface area contributed by atoms with Crippen molar-refractivity contribution in [3.05, 3.63) is 23.4 Å². The molecule has 0 spiro atoms. The Hall–Kier alpha value is -1.38. The van der Waals surface area contributed by atoms with Gasteiger partial charge in [0.05, 0.1) is 10.8 Å². The molecule has 1 aliphatic rings. The molecule has 0 aromatic carbocycles. The van der Waals surface area contributed by atoms with Crippen LogP contribution in [0.4, 0.5) is 10.9 Å². The Labute approximate surface area is 153 Å². The predicted octanol–water partition coefficient (Wildman–Crippen LogP) is 4.06. The van der Waals surface area contributed by atoms with Crippen molar-refractivity contribution < 1.29 is 4.79 Å². The molecule has 2 aromatic heterocycles. The van der Waals surface area contributed by atoms with Crippen LogP contribution in [0.15, 0.2) is 22.7 Å². The monoisotopic (exact) mass is 383 g/mol. The summed E-state index contributed by atoms with van der Waals surface area (Å²) in [5, 5.41) is 15.8. The van der Waals surface area contributed by atoms with Gasteiger partial charge in [0.25, 0.3) is 0 Å². The molecule has 24 heavy (non-hydrogen) atoms. The van der Waals surface area contributed by atoms with Crippen LogP contribution < -0.4 is 10.6 Å². The zero-order valence-electron chi connectivity index (χ0n) is 13.0. The number of anilines is 2. The largest absolute Gasteiger partial charge is 0.357 e. The Morgan fingerprint density at radius 3 is 2.88 bits per heavy atom. The van der Waals surface area contributed by atoms with Gasteiger partial charge in [-0.1, -0.05) is 54.0 Å². The van der Waals surface area contributed by atoms with Crippen molar-refractivity contribution in [1.29, 1.82) is 0 Å². The van der Waals surface area contributed by atoms with Gasteiger partial charge in [0.2, 0.25) is 11.0 Å². The SMILES string of the molecule is O=C(CSc1nnc(NC2CCCCC2)s1)Nc1ccc(Cl)cn1. The molecule has 9 heteroatoms. The van der Waals surface area contributed by atoms with E-state index in [-0.39, 0.29) is 11.7 Å². The molecular weight excluding hydrogens is 366 g/mol. The van der Waals surface area contributed by atoms with Gasteiger partial charge < -0.3 is 10.6 Å². The number of rotatable bonds is 6. The van der Waals surface area contributed by atoms with Gasteiger partial charge in [-0.15, -0.1) is 10.2 Å². The number of hydrogen-bond acceptors (Lipinski definition) is 7. The minimum absolute atomic E-state index is 0.133. The fourth-order valence-corrected chi connectivity index (χ4v) is 4.24. The number of nitrogens with zero attached hydrogens (tertiary/aromatic N) is 3. The smallest absolute Gasteiger partial charge is 0.235 e. The lowest BCUT2D eigenvalue weighted by Gasteiger charge is -2.21. The number of carbonyl (C=O) groups excluding carboxylic acids is 1. The summed E-state index contributed by atoms with van der Waals surface area (Å²) in [5.74, 6) is 0.622. The first kappa shape index (κ1) is 17.4. The van der Waals surface area contributed by atoms with E-state index >= 15 is 0 Å². The molecule has 0 atom stereocenters. The maximum Gasteiger partial charge on any atom is 0.235 e. The number of pyridine rings is 1. The highest BCUT2D eigenvalue weighted by Gasteiger charge is 2.15. The second kappa shape index (κ2) is 8.64. The molecule has 1 amide bonds. The first-order valence-electron chi connectivity index (χ1n) is 7.83. The first-order valence-corrected chi connectivity index (χ1v) is 10.0. The van der Waals surface area contributed by atoms with Gasteiger partial charge >= 0.3 is 0 Å². The Balaban J connectivity index is 1.44. The van der Waals surface area contributed by atoms with Crippen LogP contribution >= 0.6 is 34.7 Å². The summed E-state index contributed by atoms with van der Waals surface area (Å²) in [6.45, 7) is 0. The second-order valence-electron chi connectivity index (χ2n) is 5.55. The Morgan fingerprint density at radius 1 is 1.29 bits per heavy atom. The quantitative estimate of drug-likeness (QED) is 0.732. The molecule has 0 unspecified atom stereocenters. The third-order valence-corrected chi connectivity index (χ3v) is 5.87. The van der Waals surface area contributed by atoms with Crippen molar-refractivity contribution in [3.63, 3.8) is 0 Å². The number of hydrogen-bond donors (Lipinski definition) is 2. The fourth-order valence-electron chi connectivity index (χ4n) is 2.50. The number of halogens is 1. The third-order valence-electron chi connectivity index (χ3n) is 3.66. The second-order valence-corrected chi connectivity index (χ2v) is 8.19. The summed E-state index contributed by atoms with van der Waals surface area (Å²) in [6.07, 6.45) is 7.76. The van der Waals surface area contributed by atoms with Gasteiger partial charge in [-0.25, -0.2) is 4.98 Å². The molecule has 0 aliphatic heterocycles. The molecule has 3 rings (SSSR count). The molecule has 0 radical (unpaired) electrons. The first-order chi connectivity index (χ1) is 11.7. The van der Waals surface area contributed by atoms with Crippen molar-refractivity contribution >= 4 is 51.6 Å². The number of carbonyl (C=O) groups is 1. The van der Waals surface area contributed by atoms with Crippen LogP contribution in [0.3, 0.4) is 0 Å². The Morgan fingerprint density at radius 2 is 2.12 bits per heavy atom. The van der Waals surface area contributed by atoms with Crippen LogP contribution in [0.5, 0.6) is 0 Å². The molecule has 1 aliphatic carbocycles. The van der Waals surface area contributed by atoms with Crippen LogP contribution in [0.25, 0.3) is 0 Å². The molecule has 1 saturated carbocycles. The molecular formula is C15H18ClN5OS2. The van der Waals surface area contributed by atoms with Crippen LogP contribution in [-0.2, 0) is 4.79 Å². The van der Waals surface area contributed by atoms with Gasteiger partial charge in [-0.3, -0.25) is 4.79 Å². The molecule has 2 aromatic rings. The minimum atomic E-state index is -0.133. The van der Waals surface area contributed by atoms with Crippen LogP contribution in [0.1, 0.15) is 32.1 Å². The summed E-state index contributed by atoms with van der Waals surface area (Å²) in [4.78, 5) is 16.0. The van der Waals surface area contributed by atoms with E-state index < -0.39 is 0 Å². The van der Waals surface area contributed by atoms with E-state index in [1.165, 1.54) is 61.4 Å². The molecule has 128 valence electrons. The summed E-state index contributed by atoms with van der Waals surface area (Å²) in [5.41, 5.74) is 0. The number of amides is 1. The van der Waals surface area contributed by atoms with E-state index in [0.717, 1.165) is 9.47 Å². The average Bonchev–Trinajstić information content (AvgIpc) is 3.03. The van der Waals surface area contributed by atoms with Crippen LogP contribution in [0.2, 0.25) is 5.02 Å². The Kier molecular flexibility index (Phi) is 6.28. The lowest BCUT2D eigenvalue weighted by Crippen LogP contribution is -2.21. The average molecular weight is 384 g/mol. The van der Waals surface area contributed by atoms with Crippen molar-refractivity contribution in [1.82, 2.24) is 15.2 Å². The standard InChI is InChI=1S/C15H18ClN5OS2/c16-10-6-7-12(17-8-10)19-13(22)9-23-15-21-20-14(24-15)18-11-4-2-1-3-5-11/h6-8,11H,1-5,9H2,(H,18,20)(H,17,19,22). The Bertz CT molecular complexity index is 673. The highest BCUT2D eigenvalue weighted by atomic mass is 35.5. The van der Waals surface area contributed by atoms with E-state index in [0.29, 0.717) is 16.9 Å². The normalized spacial score (nSPS) is 15.2. The zero-order valence-corrected chi connectivity index (χ0v) is 15.4. The highest BCUT2D eigenvalue weighted by molar-refractivity contribution is 8.01. The van der Waals surface area contributed by atoms with Crippen LogP contribution in [0, 0.1) is 0 Å². The summed E-state index contributed by atoms with van der Waals surface area (Å²) in [7, 11) is 0. The van der Waals surface area contributed by atoms with E-state index in [9.17, 15) is 4.79 Å². The molecule has 0 bridgehead atoms. The van der Waals surface area contributed by atoms with Crippen molar-refractivity contribution in [2.24, 2.45) is 0 Å². The van der Waals surface area contributed by atoms with E-state index in [1.54, 1.807) is 12.1 Å². The van der Waals surface area contributed by atoms with Crippen molar-refractivity contribution in [3.8, 4) is 0 Å². The van der Waals surface area contributed by atoms with Gasteiger partial charge in [-0.2, -0.15) is 0 Å². The van der Waals surface area contributed by atoms with Gasteiger partial charge in [0.15, 0.2) is 4.34 Å². The number of thioether (sulfide) groups is 1. The van der Waals surface area contributed by atoms with Gasteiger partial charge in [-0.05, 0) is 25.0 Å². The zero-order chi connectivity index (χ0) is 16.8. The topological polar surface area (TPSA) is 79.8 Å². The summed E-state index contributed by atoms with van der Waals surface area (Å²) >= 11 is 8.63. The summed E-state index contributed by atoms with van der Waals surface area (Å²) < 4.78 is 0.785. The van der Waals surface area contributed by atoms with E-state index in [2.05, 4.69) is 25.8 Å². The molecule has 0 saturated heterocycles. The van der Waals surface area contributed by atoms with Gasteiger partial charge in [0.1, 0.15) is 5.82 Å². The lowest BCUT2D eigenvalue weighted by atomic mass is 9.96. The number of nitrogens with one attached hydrogen (secondary N) is 2. The van der Waals surface area contributed by atoms with E-state index in [4.69, 9.17) is 11.6 Å². The minimum Gasteiger partial charge on any atom is -0.357 e. The third kappa shape index (κ3) is 5.32. The molecule has 1 fully saturated rings. The van der Waals surface area contributed by atoms with Crippen molar-refractivity contribution in [2.75, 3.05) is 16.4 Å². The predicted molar refractivity (Wildman–Crippen MR) is 99.0 cm³/mol. The fraction of sp³-hybridized carbons (Fsp3) is 0.467. The van der Waals surface area contributed by atoms with Gasteiger partial charge in [0, 0.05) is 12.2 Å². The molecule has 6 nitrogen and oxygen atoms in total.